The zero-order chi connectivity index (χ0) is 15.4. The molecule has 5 heteroatoms. The lowest BCUT2D eigenvalue weighted by Gasteiger charge is -2.35. The molecule has 5 nitrogen and oxygen atoms in total. The van der Waals surface area contributed by atoms with E-state index in [1.807, 2.05) is 38.1 Å². The monoisotopic (exact) mass is 290 g/mol. The molecule has 0 aromatic heterocycles. The summed E-state index contributed by atoms with van der Waals surface area (Å²) >= 11 is 0. The molecule has 0 saturated carbocycles. The van der Waals surface area contributed by atoms with Crippen LogP contribution < -0.4 is 4.90 Å². The Morgan fingerprint density at radius 1 is 1.38 bits per heavy atom. The third-order valence-electron chi connectivity index (χ3n) is 3.99. The molecule has 1 heterocycles. The zero-order valence-electron chi connectivity index (χ0n) is 12.6. The molecule has 1 aliphatic heterocycles. The summed E-state index contributed by atoms with van der Waals surface area (Å²) in [5.41, 5.74) is 1.93. The summed E-state index contributed by atoms with van der Waals surface area (Å²) in [6.07, 6.45) is 1.39. The van der Waals surface area contributed by atoms with Crippen LogP contribution in [0.3, 0.4) is 0 Å². The Morgan fingerprint density at radius 2 is 2.10 bits per heavy atom. The standard InChI is InChI=1S/C16H22N2O3/c1-3-18(14-9-5-4-7-12(14)2)16(21)17-10-6-8-13(11-17)15(19)20/h4-5,7,9,13H,3,6,8,10-11H2,1-2H3,(H,19,20)/t13-/m1/s1. The molecular weight excluding hydrogens is 268 g/mol. The van der Waals surface area contributed by atoms with Crippen LogP contribution in [0.15, 0.2) is 24.3 Å². The fourth-order valence-electron chi connectivity index (χ4n) is 2.80. The van der Waals surface area contributed by atoms with Crippen LogP contribution in [0, 0.1) is 12.8 Å². The lowest BCUT2D eigenvalue weighted by atomic mass is 9.98. The number of anilines is 1. The SMILES string of the molecule is CCN(C(=O)N1CCC[C@@H](C(=O)O)C1)c1ccccc1C. The molecule has 2 amide bonds. The number of hydrogen-bond acceptors (Lipinski definition) is 2. The first kappa shape index (κ1) is 15.4. The summed E-state index contributed by atoms with van der Waals surface area (Å²) in [6, 6.07) is 7.65. The molecule has 1 saturated heterocycles. The molecule has 1 aromatic carbocycles. The van der Waals surface area contributed by atoms with Gasteiger partial charge < -0.3 is 10.0 Å². The Balaban J connectivity index is 2.17. The van der Waals surface area contributed by atoms with Crippen LogP contribution in [0.25, 0.3) is 0 Å². The van der Waals surface area contributed by atoms with E-state index >= 15 is 0 Å². The Kier molecular flexibility index (Phi) is 4.83. The molecule has 114 valence electrons. The van der Waals surface area contributed by atoms with Gasteiger partial charge in [-0.2, -0.15) is 0 Å². The van der Waals surface area contributed by atoms with Gasteiger partial charge in [-0.05, 0) is 38.3 Å². The summed E-state index contributed by atoms with van der Waals surface area (Å²) in [7, 11) is 0. The molecule has 0 bridgehead atoms. The number of benzene rings is 1. The van der Waals surface area contributed by atoms with Crippen LogP contribution in [-0.2, 0) is 4.79 Å². The number of piperidine rings is 1. The number of aryl methyl sites for hydroxylation is 1. The number of carbonyl (C=O) groups is 2. The van der Waals surface area contributed by atoms with Gasteiger partial charge in [-0.1, -0.05) is 18.2 Å². The van der Waals surface area contributed by atoms with Gasteiger partial charge in [0.15, 0.2) is 0 Å². The number of carboxylic acid groups (broad SMARTS) is 1. The van der Waals surface area contributed by atoms with Crippen molar-refractivity contribution in [3.63, 3.8) is 0 Å². The highest BCUT2D eigenvalue weighted by Gasteiger charge is 2.30. The smallest absolute Gasteiger partial charge is 0.324 e. The predicted octanol–water partition coefficient (Wildman–Crippen LogP) is 2.74. The molecule has 0 spiro atoms. The van der Waals surface area contributed by atoms with E-state index in [-0.39, 0.29) is 6.03 Å². The van der Waals surface area contributed by atoms with Gasteiger partial charge in [0, 0.05) is 25.3 Å². The first-order valence-electron chi connectivity index (χ1n) is 7.39. The van der Waals surface area contributed by atoms with Crippen molar-refractivity contribution in [3.8, 4) is 0 Å². The maximum Gasteiger partial charge on any atom is 0.324 e. The van der Waals surface area contributed by atoms with Crippen molar-refractivity contribution in [1.82, 2.24) is 4.90 Å². The number of hydrogen-bond donors (Lipinski definition) is 1. The number of para-hydroxylation sites is 1. The van der Waals surface area contributed by atoms with Gasteiger partial charge in [0.05, 0.1) is 5.92 Å². The highest BCUT2D eigenvalue weighted by atomic mass is 16.4. The summed E-state index contributed by atoms with van der Waals surface area (Å²) in [6.45, 7) is 5.41. The molecular formula is C16H22N2O3. The fraction of sp³-hybridized carbons (Fsp3) is 0.500. The zero-order valence-corrected chi connectivity index (χ0v) is 12.6. The van der Waals surface area contributed by atoms with Gasteiger partial charge in [-0.3, -0.25) is 9.69 Å². The Morgan fingerprint density at radius 3 is 2.71 bits per heavy atom. The van der Waals surface area contributed by atoms with Crippen molar-refractivity contribution in [2.45, 2.75) is 26.7 Å². The van der Waals surface area contributed by atoms with Gasteiger partial charge in [0.25, 0.3) is 0 Å². The molecule has 21 heavy (non-hydrogen) atoms. The molecule has 0 unspecified atom stereocenters. The molecule has 1 aliphatic rings. The van der Waals surface area contributed by atoms with Crippen molar-refractivity contribution >= 4 is 17.7 Å². The third kappa shape index (κ3) is 3.35. The number of carbonyl (C=O) groups excluding carboxylic acids is 1. The van der Waals surface area contributed by atoms with Gasteiger partial charge in [0.1, 0.15) is 0 Å². The van der Waals surface area contributed by atoms with E-state index in [1.165, 1.54) is 0 Å². The van der Waals surface area contributed by atoms with Crippen LogP contribution in [-0.4, -0.2) is 41.6 Å². The number of urea groups is 1. The predicted molar refractivity (Wildman–Crippen MR) is 81.5 cm³/mol. The highest BCUT2D eigenvalue weighted by Crippen LogP contribution is 2.23. The second-order valence-corrected chi connectivity index (χ2v) is 5.44. The third-order valence-corrected chi connectivity index (χ3v) is 3.99. The second kappa shape index (κ2) is 6.61. The topological polar surface area (TPSA) is 60.9 Å². The van der Waals surface area contributed by atoms with Crippen molar-refractivity contribution in [2.75, 3.05) is 24.5 Å². The summed E-state index contributed by atoms with van der Waals surface area (Å²) in [5.74, 6) is -1.26. The van der Waals surface area contributed by atoms with Crippen LogP contribution in [0.4, 0.5) is 10.5 Å². The van der Waals surface area contributed by atoms with E-state index in [1.54, 1.807) is 9.80 Å². The van der Waals surface area contributed by atoms with Crippen LogP contribution >= 0.6 is 0 Å². The van der Waals surface area contributed by atoms with E-state index in [0.717, 1.165) is 17.7 Å². The first-order valence-corrected chi connectivity index (χ1v) is 7.39. The van der Waals surface area contributed by atoms with E-state index in [2.05, 4.69) is 0 Å². The van der Waals surface area contributed by atoms with Crippen molar-refractivity contribution in [1.29, 1.82) is 0 Å². The second-order valence-electron chi connectivity index (χ2n) is 5.44. The van der Waals surface area contributed by atoms with Gasteiger partial charge in [-0.25, -0.2) is 4.79 Å². The lowest BCUT2D eigenvalue weighted by Crippen LogP contribution is -2.49. The van der Waals surface area contributed by atoms with Crippen LogP contribution in [0.2, 0.25) is 0 Å². The number of rotatable bonds is 3. The van der Waals surface area contributed by atoms with Gasteiger partial charge in [0.2, 0.25) is 0 Å². The highest BCUT2D eigenvalue weighted by molar-refractivity contribution is 5.93. The van der Waals surface area contributed by atoms with Crippen molar-refractivity contribution in [2.24, 2.45) is 5.92 Å². The fourth-order valence-corrected chi connectivity index (χ4v) is 2.80. The van der Waals surface area contributed by atoms with Crippen LogP contribution in [0.5, 0.6) is 0 Å². The first-order chi connectivity index (χ1) is 10.0. The number of amides is 2. The number of nitrogens with zero attached hydrogens (tertiary/aromatic N) is 2. The minimum Gasteiger partial charge on any atom is -0.481 e. The van der Waals surface area contributed by atoms with Gasteiger partial charge in [-0.15, -0.1) is 0 Å². The number of likely N-dealkylation sites (tertiary alicyclic amines) is 1. The molecule has 0 aliphatic carbocycles. The van der Waals surface area contributed by atoms with Gasteiger partial charge >= 0.3 is 12.0 Å². The van der Waals surface area contributed by atoms with Crippen molar-refractivity contribution < 1.29 is 14.7 Å². The lowest BCUT2D eigenvalue weighted by molar-refractivity contribution is -0.143. The molecule has 0 radical (unpaired) electrons. The average Bonchev–Trinajstić information content (AvgIpc) is 2.50. The largest absolute Gasteiger partial charge is 0.481 e. The Bertz CT molecular complexity index is 530. The quantitative estimate of drug-likeness (QED) is 0.931. The maximum absolute atomic E-state index is 12.7. The number of aliphatic carboxylic acids is 1. The van der Waals surface area contributed by atoms with Crippen molar-refractivity contribution in [3.05, 3.63) is 29.8 Å². The van der Waals surface area contributed by atoms with E-state index < -0.39 is 11.9 Å². The maximum atomic E-state index is 12.7. The molecule has 1 fully saturated rings. The van der Waals surface area contributed by atoms with E-state index in [4.69, 9.17) is 5.11 Å². The van der Waals surface area contributed by atoms with E-state index in [9.17, 15) is 9.59 Å². The summed E-state index contributed by atoms with van der Waals surface area (Å²) in [4.78, 5) is 27.2. The minimum absolute atomic E-state index is 0.0993. The summed E-state index contributed by atoms with van der Waals surface area (Å²) < 4.78 is 0. The molecule has 1 atom stereocenters. The normalized spacial score (nSPS) is 18.4. The number of carboxylic acids is 1. The Labute approximate surface area is 125 Å². The minimum atomic E-state index is -0.813. The molecule has 1 aromatic rings. The molecule has 1 N–H and O–H groups in total. The molecule has 2 rings (SSSR count). The van der Waals surface area contributed by atoms with Crippen LogP contribution in [0.1, 0.15) is 25.3 Å². The van der Waals surface area contributed by atoms with E-state index in [0.29, 0.717) is 26.1 Å². The Hall–Kier alpha value is -2.04. The summed E-state index contributed by atoms with van der Waals surface area (Å²) in [5, 5.41) is 9.14. The average molecular weight is 290 g/mol.